The predicted molar refractivity (Wildman–Crippen MR) is 100 cm³/mol. The van der Waals surface area contributed by atoms with Crippen molar-refractivity contribution in [3.05, 3.63) is 53.6 Å². The van der Waals surface area contributed by atoms with Crippen molar-refractivity contribution in [3.8, 4) is 5.75 Å². The number of carbonyl (C=O) groups excluding carboxylic acids is 1. The van der Waals surface area contributed by atoms with E-state index < -0.39 is 22.5 Å². The molecule has 0 unspecified atom stereocenters. The van der Waals surface area contributed by atoms with Crippen LogP contribution in [0.5, 0.6) is 5.75 Å². The van der Waals surface area contributed by atoms with Crippen molar-refractivity contribution in [1.29, 1.82) is 0 Å². The SMILES string of the molecule is COC(=O)CN(c1ccc(OC(C)C)cc1)S(=O)(=O)c1ccc(Cl)cc1. The number of methoxy groups -OCH3 is 1. The summed E-state index contributed by atoms with van der Waals surface area (Å²) in [5.74, 6) is -0.0734. The lowest BCUT2D eigenvalue weighted by molar-refractivity contribution is -0.138. The zero-order valence-electron chi connectivity index (χ0n) is 14.7. The van der Waals surface area contributed by atoms with E-state index in [0.29, 0.717) is 16.5 Å². The van der Waals surface area contributed by atoms with Gasteiger partial charge >= 0.3 is 5.97 Å². The first-order valence-corrected chi connectivity index (χ1v) is 9.67. The molecule has 140 valence electrons. The van der Waals surface area contributed by atoms with E-state index in [9.17, 15) is 13.2 Å². The van der Waals surface area contributed by atoms with Crippen molar-refractivity contribution in [1.82, 2.24) is 0 Å². The smallest absolute Gasteiger partial charge is 0.326 e. The van der Waals surface area contributed by atoms with Crippen LogP contribution in [0.1, 0.15) is 13.8 Å². The summed E-state index contributed by atoms with van der Waals surface area (Å²) in [4.78, 5) is 11.8. The molecule has 0 bridgehead atoms. The molecule has 0 aliphatic rings. The maximum Gasteiger partial charge on any atom is 0.326 e. The second-order valence-electron chi connectivity index (χ2n) is 5.70. The molecule has 0 aliphatic carbocycles. The molecule has 0 spiro atoms. The second kappa shape index (κ2) is 8.42. The van der Waals surface area contributed by atoms with Crippen LogP contribution in [-0.2, 0) is 19.6 Å². The van der Waals surface area contributed by atoms with Crippen molar-refractivity contribution >= 4 is 33.3 Å². The number of benzene rings is 2. The van der Waals surface area contributed by atoms with Crippen molar-refractivity contribution in [2.75, 3.05) is 18.0 Å². The maximum atomic E-state index is 13.0. The molecule has 0 heterocycles. The van der Waals surface area contributed by atoms with Crippen molar-refractivity contribution in [3.63, 3.8) is 0 Å². The molecule has 0 aliphatic heterocycles. The fourth-order valence-electron chi connectivity index (χ4n) is 2.19. The van der Waals surface area contributed by atoms with E-state index in [4.69, 9.17) is 16.3 Å². The van der Waals surface area contributed by atoms with Gasteiger partial charge in [0.25, 0.3) is 10.0 Å². The number of anilines is 1. The van der Waals surface area contributed by atoms with Gasteiger partial charge in [0.1, 0.15) is 12.3 Å². The highest BCUT2D eigenvalue weighted by Gasteiger charge is 2.27. The zero-order chi connectivity index (χ0) is 19.3. The molecule has 2 aromatic rings. The van der Waals surface area contributed by atoms with Gasteiger partial charge < -0.3 is 9.47 Å². The van der Waals surface area contributed by atoms with E-state index in [1.165, 1.54) is 31.4 Å². The van der Waals surface area contributed by atoms with Crippen molar-refractivity contribution in [2.24, 2.45) is 0 Å². The van der Waals surface area contributed by atoms with E-state index >= 15 is 0 Å². The van der Waals surface area contributed by atoms with Crippen molar-refractivity contribution in [2.45, 2.75) is 24.8 Å². The van der Waals surface area contributed by atoms with Crippen LogP contribution in [0.15, 0.2) is 53.4 Å². The van der Waals surface area contributed by atoms with Crippen LogP contribution in [0, 0.1) is 0 Å². The molecule has 0 saturated heterocycles. The Bertz CT molecular complexity index is 848. The van der Waals surface area contributed by atoms with Crippen LogP contribution in [0.4, 0.5) is 5.69 Å². The first kappa shape index (κ1) is 20.1. The zero-order valence-corrected chi connectivity index (χ0v) is 16.3. The molecule has 0 amide bonds. The Kier molecular flexibility index (Phi) is 6.50. The Morgan fingerprint density at radius 3 is 2.15 bits per heavy atom. The largest absolute Gasteiger partial charge is 0.491 e. The summed E-state index contributed by atoms with van der Waals surface area (Å²) in [6.07, 6.45) is -0.00942. The Hall–Kier alpha value is -2.25. The summed E-state index contributed by atoms with van der Waals surface area (Å²) in [5, 5.41) is 0.415. The molecule has 8 heteroatoms. The van der Waals surface area contributed by atoms with Gasteiger partial charge in [-0.2, -0.15) is 0 Å². The number of halogens is 1. The van der Waals surface area contributed by atoms with Crippen LogP contribution >= 0.6 is 11.6 Å². The molecule has 2 rings (SSSR count). The monoisotopic (exact) mass is 397 g/mol. The van der Waals surface area contributed by atoms with E-state index in [1.807, 2.05) is 13.8 Å². The average molecular weight is 398 g/mol. The Morgan fingerprint density at radius 1 is 1.08 bits per heavy atom. The molecule has 0 atom stereocenters. The molecule has 0 fully saturated rings. The number of hydrogen-bond donors (Lipinski definition) is 0. The minimum absolute atomic E-state index is 0.00942. The van der Waals surface area contributed by atoms with Gasteiger partial charge in [-0.1, -0.05) is 11.6 Å². The Labute approximate surface area is 158 Å². The lowest BCUT2D eigenvalue weighted by atomic mass is 10.3. The molecule has 0 aromatic heterocycles. The second-order valence-corrected chi connectivity index (χ2v) is 8.00. The van der Waals surface area contributed by atoms with E-state index in [2.05, 4.69) is 4.74 Å². The molecule has 0 radical (unpaired) electrons. The first-order valence-electron chi connectivity index (χ1n) is 7.86. The molecule has 6 nitrogen and oxygen atoms in total. The lowest BCUT2D eigenvalue weighted by Gasteiger charge is -2.23. The first-order chi connectivity index (χ1) is 12.2. The lowest BCUT2D eigenvalue weighted by Crippen LogP contribution is -2.36. The molecule has 26 heavy (non-hydrogen) atoms. The van der Waals surface area contributed by atoms with Gasteiger partial charge in [-0.15, -0.1) is 0 Å². The van der Waals surface area contributed by atoms with Crippen LogP contribution in [-0.4, -0.2) is 34.1 Å². The quantitative estimate of drug-likeness (QED) is 0.668. The van der Waals surface area contributed by atoms with Gasteiger partial charge in [0.15, 0.2) is 0 Å². The predicted octanol–water partition coefficient (Wildman–Crippen LogP) is 3.50. The highest BCUT2D eigenvalue weighted by atomic mass is 35.5. The van der Waals surface area contributed by atoms with Crippen LogP contribution in [0.2, 0.25) is 5.02 Å². The Morgan fingerprint density at radius 2 is 1.65 bits per heavy atom. The summed E-state index contributed by atoms with van der Waals surface area (Å²) in [7, 11) is -2.78. The third-order valence-corrected chi connectivity index (χ3v) is 5.44. The van der Waals surface area contributed by atoms with Gasteiger partial charge in [-0.05, 0) is 62.4 Å². The maximum absolute atomic E-state index is 13.0. The third kappa shape index (κ3) is 4.89. The normalized spacial score (nSPS) is 11.3. The Balaban J connectivity index is 2.42. The number of nitrogens with zero attached hydrogens (tertiary/aromatic N) is 1. The van der Waals surface area contributed by atoms with Gasteiger partial charge in [0.05, 0.1) is 23.8 Å². The summed E-state index contributed by atoms with van der Waals surface area (Å²) in [6.45, 7) is 3.33. The standard InChI is InChI=1S/C18H20ClNO5S/c1-13(2)25-16-8-6-15(7-9-16)20(12-18(21)24-3)26(22,23)17-10-4-14(19)5-11-17/h4-11,13H,12H2,1-3H3. The van der Waals surface area contributed by atoms with E-state index in [1.54, 1.807) is 24.3 Å². The summed E-state index contributed by atoms with van der Waals surface area (Å²) in [5.41, 5.74) is 0.321. The van der Waals surface area contributed by atoms with E-state index in [0.717, 1.165) is 4.31 Å². The number of ether oxygens (including phenoxy) is 2. The van der Waals surface area contributed by atoms with Gasteiger partial charge in [0.2, 0.25) is 0 Å². The molecular weight excluding hydrogens is 378 g/mol. The average Bonchev–Trinajstić information content (AvgIpc) is 2.60. The van der Waals surface area contributed by atoms with Crippen LogP contribution in [0.25, 0.3) is 0 Å². The van der Waals surface area contributed by atoms with Crippen molar-refractivity contribution < 1.29 is 22.7 Å². The minimum atomic E-state index is -3.98. The molecule has 0 N–H and O–H groups in total. The molecule has 2 aromatic carbocycles. The van der Waals surface area contributed by atoms with Gasteiger partial charge in [0, 0.05) is 5.02 Å². The molecular formula is C18H20ClNO5S. The number of rotatable bonds is 7. The van der Waals surface area contributed by atoms with Gasteiger partial charge in [-0.25, -0.2) is 8.42 Å². The number of sulfonamides is 1. The summed E-state index contributed by atoms with van der Waals surface area (Å²) < 4.78 is 37.2. The fourth-order valence-corrected chi connectivity index (χ4v) is 3.73. The minimum Gasteiger partial charge on any atom is -0.491 e. The van der Waals surface area contributed by atoms with Gasteiger partial charge in [-0.3, -0.25) is 9.10 Å². The summed E-state index contributed by atoms with van der Waals surface area (Å²) >= 11 is 5.83. The number of carbonyl (C=O) groups is 1. The third-order valence-electron chi connectivity index (χ3n) is 3.40. The summed E-state index contributed by atoms with van der Waals surface area (Å²) in [6, 6.07) is 12.2. The van der Waals surface area contributed by atoms with Crippen LogP contribution < -0.4 is 9.04 Å². The fraction of sp³-hybridized carbons (Fsp3) is 0.278. The highest BCUT2D eigenvalue weighted by molar-refractivity contribution is 7.92. The highest BCUT2D eigenvalue weighted by Crippen LogP contribution is 2.27. The number of hydrogen-bond acceptors (Lipinski definition) is 5. The number of esters is 1. The van der Waals surface area contributed by atoms with Crippen LogP contribution in [0.3, 0.4) is 0 Å². The van der Waals surface area contributed by atoms with E-state index in [-0.39, 0.29) is 11.0 Å². The molecule has 0 saturated carbocycles. The topological polar surface area (TPSA) is 72.9 Å².